The summed E-state index contributed by atoms with van der Waals surface area (Å²) in [5.41, 5.74) is 3.10. The highest BCUT2D eigenvalue weighted by atomic mass is 35.5. The maximum Gasteiger partial charge on any atom is 0.313 e. The molecule has 0 unspecified atom stereocenters. The number of hydrogen-bond donors (Lipinski definition) is 1. The number of nitro groups is 1. The van der Waals surface area contributed by atoms with E-state index in [-0.39, 0.29) is 22.2 Å². The highest BCUT2D eigenvalue weighted by molar-refractivity contribution is 6.30. The molecule has 9 heteroatoms. The van der Waals surface area contributed by atoms with Crippen LogP contribution in [0, 0.1) is 10.1 Å². The number of nitrogens with one attached hydrogen (secondary N) is 1. The maximum atomic E-state index is 11.8. The van der Waals surface area contributed by atoms with Crippen LogP contribution in [0.5, 0.6) is 11.5 Å². The number of rotatable bonds is 6. The second-order valence-corrected chi connectivity index (χ2v) is 5.89. The van der Waals surface area contributed by atoms with E-state index in [9.17, 15) is 14.9 Å². The summed E-state index contributed by atoms with van der Waals surface area (Å²) >= 11 is 5.79. The van der Waals surface area contributed by atoms with Gasteiger partial charge in [-0.05, 0) is 54.1 Å². The van der Waals surface area contributed by atoms with Gasteiger partial charge in [0.05, 0.1) is 11.1 Å². The number of aromatic nitrogens is 1. The Hall–Kier alpha value is -3.78. The number of nitro benzene ring substituents is 1. The minimum atomic E-state index is -0.563. The van der Waals surface area contributed by atoms with Gasteiger partial charge in [0.1, 0.15) is 11.4 Å². The minimum Gasteiger partial charge on any atom is -0.450 e. The third-order valence-corrected chi connectivity index (χ3v) is 3.74. The number of amides is 1. The van der Waals surface area contributed by atoms with Crippen LogP contribution in [0.4, 0.5) is 5.69 Å². The van der Waals surface area contributed by atoms with Gasteiger partial charge in [0.2, 0.25) is 5.75 Å². The van der Waals surface area contributed by atoms with E-state index in [0.717, 1.165) is 0 Å². The molecule has 0 radical (unpaired) electrons. The Morgan fingerprint density at radius 2 is 1.96 bits per heavy atom. The van der Waals surface area contributed by atoms with Crippen molar-refractivity contribution < 1.29 is 14.5 Å². The van der Waals surface area contributed by atoms with Crippen LogP contribution >= 0.6 is 11.6 Å². The zero-order chi connectivity index (χ0) is 19.9. The molecule has 8 nitrogen and oxygen atoms in total. The Balaban J connectivity index is 1.64. The lowest BCUT2D eigenvalue weighted by molar-refractivity contribution is -0.385. The summed E-state index contributed by atoms with van der Waals surface area (Å²) in [6.45, 7) is 0. The highest BCUT2D eigenvalue weighted by Crippen LogP contribution is 2.33. The number of carbonyl (C=O) groups excluding carboxylic acids is 1. The fourth-order valence-electron chi connectivity index (χ4n) is 2.19. The molecule has 1 aromatic heterocycles. The summed E-state index contributed by atoms with van der Waals surface area (Å²) in [5, 5.41) is 15.2. The zero-order valence-electron chi connectivity index (χ0n) is 14.3. The number of hydrazone groups is 1. The average Bonchev–Trinajstić information content (AvgIpc) is 2.71. The summed E-state index contributed by atoms with van der Waals surface area (Å²) < 4.78 is 5.56. The van der Waals surface area contributed by atoms with Crippen molar-refractivity contribution >= 4 is 29.4 Å². The first-order valence-electron chi connectivity index (χ1n) is 7.99. The van der Waals surface area contributed by atoms with Crippen LogP contribution in [0.25, 0.3) is 0 Å². The van der Waals surface area contributed by atoms with Crippen LogP contribution in [-0.2, 0) is 0 Å². The molecule has 0 aliphatic heterocycles. The van der Waals surface area contributed by atoms with E-state index in [2.05, 4.69) is 15.5 Å². The molecule has 1 amide bonds. The van der Waals surface area contributed by atoms with Crippen molar-refractivity contribution in [3.63, 3.8) is 0 Å². The van der Waals surface area contributed by atoms with E-state index in [1.165, 1.54) is 30.6 Å². The molecule has 0 aliphatic carbocycles. The summed E-state index contributed by atoms with van der Waals surface area (Å²) in [7, 11) is 0. The molecule has 0 spiro atoms. The number of hydrogen-bond acceptors (Lipinski definition) is 6. The molecule has 140 valence electrons. The number of carbonyl (C=O) groups is 1. The second-order valence-electron chi connectivity index (χ2n) is 5.45. The first kappa shape index (κ1) is 19.0. The van der Waals surface area contributed by atoms with E-state index in [4.69, 9.17) is 16.3 Å². The molecule has 0 saturated carbocycles. The summed E-state index contributed by atoms with van der Waals surface area (Å²) in [4.78, 5) is 26.3. The molecule has 0 bridgehead atoms. The van der Waals surface area contributed by atoms with Gasteiger partial charge in [0.25, 0.3) is 5.91 Å². The first-order valence-corrected chi connectivity index (χ1v) is 8.37. The number of pyridine rings is 1. The van der Waals surface area contributed by atoms with E-state index in [1.54, 1.807) is 42.5 Å². The summed E-state index contributed by atoms with van der Waals surface area (Å²) in [6, 6.07) is 15.8. The van der Waals surface area contributed by atoms with Gasteiger partial charge < -0.3 is 4.74 Å². The number of ether oxygens (including phenoxy) is 1. The average molecular weight is 397 g/mol. The van der Waals surface area contributed by atoms with Gasteiger partial charge in [-0.25, -0.2) is 5.43 Å². The smallest absolute Gasteiger partial charge is 0.313 e. The SMILES string of the molecule is O=C(N/N=C\c1ccc(Oc2ccc(Cl)cc2[N+](=O)[O-])cc1)c1ccccn1. The molecule has 0 fully saturated rings. The molecule has 28 heavy (non-hydrogen) atoms. The van der Waals surface area contributed by atoms with Crippen LogP contribution < -0.4 is 10.2 Å². The van der Waals surface area contributed by atoms with Crippen molar-refractivity contribution in [2.75, 3.05) is 0 Å². The van der Waals surface area contributed by atoms with Crippen LogP contribution in [0.3, 0.4) is 0 Å². The maximum absolute atomic E-state index is 11.8. The van der Waals surface area contributed by atoms with E-state index < -0.39 is 10.8 Å². The number of nitrogens with zero attached hydrogens (tertiary/aromatic N) is 3. The Labute approximate surface area is 164 Å². The third kappa shape index (κ3) is 4.89. The van der Waals surface area contributed by atoms with Gasteiger partial charge in [-0.1, -0.05) is 17.7 Å². The monoisotopic (exact) mass is 396 g/mol. The fraction of sp³-hybridized carbons (Fsp3) is 0. The Bertz CT molecular complexity index is 1020. The fourth-order valence-corrected chi connectivity index (χ4v) is 2.35. The minimum absolute atomic E-state index is 0.0819. The normalized spacial score (nSPS) is 10.6. The topological polar surface area (TPSA) is 107 Å². The quantitative estimate of drug-likeness (QED) is 0.381. The van der Waals surface area contributed by atoms with Crippen molar-refractivity contribution in [1.82, 2.24) is 10.4 Å². The van der Waals surface area contributed by atoms with Crippen molar-refractivity contribution in [2.24, 2.45) is 5.10 Å². The summed E-state index contributed by atoms with van der Waals surface area (Å²) in [5.74, 6) is 0.0605. The Morgan fingerprint density at radius 3 is 2.64 bits per heavy atom. The van der Waals surface area contributed by atoms with Gasteiger partial charge >= 0.3 is 5.69 Å². The van der Waals surface area contributed by atoms with Crippen molar-refractivity contribution in [3.8, 4) is 11.5 Å². The molecule has 1 N–H and O–H groups in total. The van der Waals surface area contributed by atoms with Crippen LogP contribution in [0.1, 0.15) is 16.1 Å². The molecular formula is C19H13ClN4O4. The number of benzene rings is 2. The van der Waals surface area contributed by atoms with Gasteiger partial charge in [-0.3, -0.25) is 19.9 Å². The molecular weight excluding hydrogens is 384 g/mol. The van der Waals surface area contributed by atoms with Crippen molar-refractivity contribution in [3.05, 3.63) is 93.3 Å². The summed E-state index contributed by atoms with van der Waals surface area (Å²) in [6.07, 6.45) is 2.97. The molecule has 0 atom stereocenters. The Morgan fingerprint density at radius 1 is 1.18 bits per heavy atom. The van der Waals surface area contributed by atoms with Crippen LogP contribution in [0.15, 0.2) is 72.0 Å². The van der Waals surface area contributed by atoms with Gasteiger partial charge in [0, 0.05) is 17.3 Å². The Kier molecular flexibility index (Phi) is 5.93. The molecule has 2 aromatic carbocycles. The number of halogens is 1. The molecule has 3 rings (SSSR count). The van der Waals surface area contributed by atoms with Crippen molar-refractivity contribution in [1.29, 1.82) is 0 Å². The lowest BCUT2D eigenvalue weighted by Gasteiger charge is -2.06. The van der Waals surface area contributed by atoms with E-state index >= 15 is 0 Å². The standard InChI is InChI=1S/C19H13ClN4O4/c20-14-6-9-18(17(11-14)24(26)27)28-15-7-4-13(5-8-15)12-22-23-19(25)16-3-1-2-10-21-16/h1-12H,(H,23,25)/b22-12-. The highest BCUT2D eigenvalue weighted by Gasteiger charge is 2.16. The molecule has 3 aromatic rings. The van der Waals surface area contributed by atoms with E-state index in [1.807, 2.05) is 0 Å². The lowest BCUT2D eigenvalue weighted by atomic mass is 10.2. The van der Waals surface area contributed by atoms with Gasteiger partial charge in [0.15, 0.2) is 0 Å². The second kappa shape index (κ2) is 8.74. The van der Waals surface area contributed by atoms with Gasteiger partial charge in [-0.2, -0.15) is 5.10 Å². The zero-order valence-corrected chi connectivity index (χ0v) is 15.0. The molecule has 0 aliphatic rings. The lowest BCUT2D eigenvalue weighted by Crippen LogP contribution is -2.18. The largest absolute Gasteiger partial charge is 0.450 e. The third-order valence-electron chi connectivity index (χ3n) is 3.50. The van der Waals surface area contributed by atoms with Crippen molar-refractivity contribution in [2.45, 2.75) is 0 Å². The molecule has 1 heterocycles. The van der Waals surface area contributed by atoms with Crippen LogP contribution in [-0.4, -0.2) is 22.0 Å². The first-order chi connectivity index (χ1) is 13.5. The van der Waals surface area contributed by atoms with Crippen LogP contribution in [0.2, 0.25) is 5.02 Å². The van der Waals surface area contributed by atoms with Gasteiger partial charge in [-0.15, -0.1) is 0 Å². The molecule has 0 saturated heterocycles. The van der Waals surface area contributed by atoms with E-state index in [0.29, 0.717) is 11.3 Å². The predicted octanol–water partition coefficient (Wildman–Crippen LogP) is 4.20. The predicted molar refractivity (Wildman–Crippen MR) is 104 cm³/mol.